The molecule has 0 aromatic carbocycles. The van der Waals surface area contributed by atoms with Gasteiger partial charge in [0.15, 0.2) is 0 Å². The van der Waals surface area contributed by atoms with Crippen molar-refractivity contribution in [3.63, 3.8) is 0 Å². The van der Waals surface area contributed by atoms with E-state index in [2.05, 4.69) is 21.3 Å². The van der Waals surface area contributed by atoms with Crippen molar-refractivity contribution in [2.45, 2.75) is 45.7 Å². The van der Waals surface area contributed by atoms with Gasteiger partial charge in [-0.25, -0.2) is 0 Å². The van der Waals surface area contributed by atoms with Crippen LogP contribution in [0.2, 0.25) is 0 Å². The van der Waals surface area contributed by atoms with Crippen LogP contribution in [0.4, 0.5) is 0 Å². The van der Waals surface area contributed by atoms with Crippen molar-refractivity contribution in [1.29, 1.82) is 0 Å². The number of rotatable bonds is 21. The van der Waals surface area contributed by atoms with Gasteiger partial charge in [0, 0.05) is 47.3 Å². The molecular weight excluding hydrogens is 508 g/mol. The van der Waals surface area contributed by atoms with E-state index in [1.807, 2.05) is 11.8 Å². The largest absolute Gasteiger partial charge is 0.358 e. The van der Waals surface area contributed by atoms with Crippen LogP contribution in [-0.4, -0.2) is 142 Å². The fourth-order valence-corrected chi connectivity index (χ4v) is 3.92. The summed E-state index contributed by atoms with van der Waals surface area (Å²) in [5.74, 6) is -1.43. The van der Waals surface area contributed by atoms with Gasteiger partial charge in [0.05, 0.1) is 38.8 Å². The predicted octanol–water partition coefficient (Wildman–Crippen LogP) is -3.08. The standard InChI is InChI=1S/C25H48N8O6/c1-7-8-20(24(26)25(39)29-6)30-23(38)17-33(14-19(3)35)12-10-31(15-21(36)27-4)9-11-32(13-18(2)34)16-22(37)28-5/h20,24H,7-17,26H2,1-6H3,(H,27,36)(H,28,37)(H,29,39)(H,30,38). The molecule has 14 nitrogen and oxygen atoms in total. The zero-order valence-electron chi connectivity index (χ0n) is 24.3. The lowest BCUT2D eigenvalue weighted by molar-refractivity contribution is -0.126. The number of likely N-dealkylation sites (N-methyl/N-ethyl adjacent to an activating group) is 3. The van der Waals surface area contributed by atoms with Crippen molar-refractivity contribution in [2.75, 3.05) is 80.0 Å². The number of carbonyl (C=O) groups excluding carboxylic acids is 6. The van der Waals surface area contributed by atoms with E-state index in [0.29, 0.717) is 39.0 Å². The third kappa shape index (κ3) is 16.6. The topological polar surface area (TPSA) is 186 Å². The number of nitrogens with two attached hydrogens (primary N) is 1. The van der Waals surface area contributed by atoms with E-state index in [4.69, 9.17) is 5.73 Å². The summed E-state index contributed by atoms with van der Waals surface area (Å²) in [5, 5.41) is 10.4. The molecule has 0 aliphatic rings. The fourth-order valence-electron chi connectivity index (χ4n) is 3.92. The van der Waals surface area contributed by atoms with Crippen molar-refractivity contribution >= 4 is 35.2 Å². The summed E-state index contributed by atoms with van der Waals surface area (Å²) >= 11 is 0. The summed E-state index contributed by atoms with van der Waals surface area (Å²) in [6, 6.07) is -1.46. The molecule has 0 fully saturated rings. The molecule has 0 rings (SSSR count). The highest BCUT2D eigenvalue weighted by Gasteiger charge is 2.26. The van der Waals surface area contributed by atoms with Crippen molar-refractivity contribution < 1.29 is 28.8 Å². The Balaban J connectivity index is 5.41. The van der Waals surface area contributed by atoms with Crippen LogP contribution in [0.5, 0.6) is 0 Å². The lowest BCUT2D eigenvalue weighted by atomic mass is 10.0. The first-order valence-corrected chi connectivity index (χ1v) is 13.2. The molecule has 0 aromatic heterocycles. The third-order valence-electron chi connectivity index (χ3n) is 5.95. The maximum Gasteiger partial charge on any atom is 0.238 e. The summed E-state index contributed by atoms with van der Waals surface area (Å²) in [4.78, 5) is 77.6. The minimum atomic E-state index is -0.907. The lowest BCUT2D eigenvalue weighted by Gasteiger charge is -2.29. The molecule has 6 N–H and O–H groups in total. The van der Waals surface area contributed by atoms with Crippen molar-refractivity contribution in [3.05, 3.63) is 0 Å². The van der Waals surface area contributed by atoms with Crippen molar-refractivity contribution in [1.82, 2.24) is 36.0 Å². The second-order valence-corrected chi connectivity index (χ2v) is 9.55. The molecule has 0 heterocycles. The molecule has 224 valence electrons. The Bertz CT molecular complexity index is 824. The van der Waals surface area contributed by atoms with Gasteiger partial charge in [0.25, 0.3) is 0 Å². The maximum absolute atomic E-state index is 12.8. The molecular formula is C25H48N8O6. The van der Waals surface area contributed by atoms with E-state index in [1.54, 1.807) is 9.80 Å². The zero-order chi connectivity index (χ0) is 30.0. The minimum Gasteiger partial charge on any atom is -0.358 e. The highest BCUT2D eigenvalue weighted by molar-refractivity contribution is 5.85. The predicted molar refractivity (Wildman–Crippen MR) is 148 cm³/mol. The number of nitrogens with one attached hydrogen (secondary N) is 4. The van der Waals surface area contributed by atoms with Crippen LogP contribution in [0, 0.1) is 0 Å². The summed E-state index contributed by atoms with van der Waals surface area (Å²) in [6.07, 6.45) is 1.22. The van der Waals surface area contributed by atoms with Gasteiger partial charge < -0.3 is 27.0 Å². The molecule has 39 heavy (non-hydrogen) atoms. The molecule has 0 aliphatic carbocycles. The van der Waals surface area contributed by atoms with Crippen LogP contribution in [0.25, 0.3) is 0 Å². The molecule has 4 amide bonds. The quantitative estimate of drug-likeness (QED) is 0.0971. The number of hydrogen-bond acceptors (Lipinski definition) is 10. The van der Waals surface area contributed by atoms with Gasteiger partial charge in [-0.05, 0) is 20.3 Å². The number of nitrogens with zero attached hydrogens (tertiary/aromatic N) is 3. The normalized spacial score (nSPS) is 12.7. The average Bonchev–Trinajstić information content (AvgIpc) is 2.87. The Morgan fingerprint density at radius 1 is 0.641 bits per heavy atom. The van der Waals surface area contributed by atoms with Gasteiger partial charge >= 0.3 is 0 Å². The molecule has 0 aromatic rings. The first-order valence-electron chi connectivity index (χ1n) is 13.2. The second-order valence-electron chi connectivity index (χ2n) is 9.55. The SMILES string of the molecule is CCCC(NC(=O)CN(CCN(CCN(CC(C)=O)CC(=O)NC)CC(=O)NC)CC(C)=O)C(N)C(=O)NC. The molecule has 2 unspecified atom stereocenters. The van der Waals surface area contributed by atoms with Gasteiger partial charge in [0.2, 0.25) is 23.6 Å². The summed E-state index contributed by atoms with van der Waals surface area (Å²) < 4.78 is 0. The summed E-state index contributed by atoms with van der Waals surface area (Å²) in [6.45, 7) is 6.27. The van der Waals surface area contributed by atoms with Crippen LogP contribution in [0.15, 0.2) is 0 Å². The van der Waals surface area contributed by atoms with Crippen LogP contribution >= 0.6 is 0 Å². The van der Waals surface area contributed by atoms with Crippen molar-refractivity contribution in [3.8, 4) is 0 Å². The zero-order valence-corrected chi connectivity index (χ0v) is 24.3. The Kier molecular flexibility index (Phi) is 18.5. The molecule has 0 radical (unpaired) electrons. The molecule has 2 atom stereocenters. The van der Waals surface area contributed by atoms with Gasteiger partial charge in [-0.2, -0.15) is 0 Å². The van der Waals surface area contributed by atoms with Crippen molar-refractivity contribution in [2.24, 2.45) is 5.73 Å². The third-order valence-corrected chi connectivity index (χ3v) is 5.95. The number of amides is 4. The lowest BCUT2D eigenvalue weighted by Crippen LogP contribution is -2.56. The van der Waals surface area contributed by atoms with E-state index in [0.717, 1.165) is 0 Å². The number of hydrogen-bond donors (Lipinski definition) is 5. The number of Topliss-reactive ketones (excluding diaryl/α,β-unsaturated/α-hetero) is 2. The highest BCUT2D eigenvalue weighted by atomic mass is 16.2. The number of ketones is 2. The fraction of sp³-hybridized carbons (Fsp3) is 0.760. The van der Waals surface area contributed by atoms with Gasteiger partial charge in [-0.3, -0.25) is 43.5 Å². The second kappa shape index (κ2) is 20.0. The molecule has 0 spiro atoms. The Morgan fingerprint density at radius 2 is 1.05 bits per heavy atom. The Morgan fingerprint density at radius 3 is 1.44 bits per heavy atom. The first kappa shape index (κ1) is 36.1. The van der Waals surface area contributed by atoms with Gasteiger partial charge in [-0.15, -0.1) is 0 Å². The van der Waals surface area contributed by atoms with Crippen LogP contribution in [0.3, 0.4) is 0 Å². The van der Waals surface area contributed by atoms with Gasteiger partial charge in [0.1, 0.15) is 17.6 Å². The summed E-state index contributed by atoms with van der Waals surface area (Å²) in [7, 11) is 4.52. The first-order chi connectivity index (χ1) is 18.4. The monoisotopic (exact) mass is 556 g/mol. The van der Waals surface area contributed by atoms with E-state index < -0.39 is 12.1 Å². The minimum absolute atomic E-state index is 0.0221. The summed E-state index contributed by atoms with van der Waals surface area (Å²) in [5.41, 5.74) is 6.01. The van der Waals surface area contributed by atoms with E-state index in [-0.39, 0.29) is 67.9 Å². The molecule has 0 saturated heterocycles. The smallest absolute Gasteiger partial charge is 0.238 e. The van der Waals surface area contributed by atoms with E-state index >= 15 is 0 Å². The average molecular weight is 557 g/mol. The maximum atomic E-state index is 12.8. The number of carbonyl (C=O) groups is 6. The highest BCUT2D eigenvalue weighted by Crippen LogP contribution is 2.03. The molecule has 14 heteroatoms. The van der Waals surface area contributed by atoms with E-state index in [9.17, 15) is 28.8 Å². The van der Waals surface area contributed by atoms with Crippen LogP contribution < -0.4 is 27.0 Å². The van der Waals surface area contributed by atoms with Gasteiger partial charge in [-0.1, -0.05) is 13.3 Å². The Labute approximate surface area is 231 Å². The molecule has 0 bridgehead atoms. The van der Waals surface area contributed by atoms with E-state index in [1.165, 1.54) is 35.0 Å². The molecule has 0 saturated carbocycles. The Hall–Kier alpha value is -2.94. The van der Waals surface area contributed by atoms with Crippen LogP contribution in [-0.2, 0) is 28.8 Å². The molecule has 0 aliphatic heterocycles. The van der Waals surface area contributed by atoms with Crippen LogP contribution in [0.1, 0.15) is 33.6 Å².